The highest BCUT2D eigenvalue weighted by Gasteiger charge is 2.51. The number of ether oxygens (including phenoxy) is 1. The first-order chi connectivity index (χ1) is 10.2. The molecule has 0 amide bonds. The van der Waals surface area contributed by atoms with E-state index in [1.807, 2.05) is 24.3 Å². The van der Waals surface area contributed by atoms with E-state index in [2.05, 4.69) is 24.3 Å². The van der Waals surface area contributed by atoms with E-state index in [-0.39, 0.29) is 42.2 Å². The van der Waals surface area contributed by atoms with Crippen LogP contribution in [0.2, 0.25) is 0 Å². The summed E-state index contributed by atoms with van der Waals surface area (Å²) in [7, 11) is 1.44. The summed E-state index contributed by atoms with van der Waals surface area (Å²) in [4.78, 5) is 12.3. The van der Waals surface area contributed by atoms with Crippen molar-refractivity contribution in [1.29, 1.82) is 0 Å². The number of esters is 1. The Kier molecular flexibility index (Phi) is 3.71. The van der Waals surface area contributed by atoms with Crippen molar-refractivity contribution in [2.45, 2.75) is 17.9 Å². The number of hydrogen-bond acceptors (Lipinski definition) is 3. The first-order valence-corrected chi connectivity index (χ1v) is 7.25. The normalized spacial score (nSPS) is 27.4. The Hall–Kier alpha value is -1.84. The molecule has 3 aliphatic rings. The van der Waals surface area contributed by atoms with Crippen molar-refractivity contribution >= 4 is 18.4 Å². The van der Waals surface area contributed by atoms with Crippen molar-refractivity contribution in [1.82, 2.24) is 0 Å². The van der Waals surface area contributed by atoms with E-state index >= 15 is 0 Å². The molecule has 0 aliphatic heterocycles. The summed E-state index contributed by atoms with van der Waals surface area (Å²) in [5, 5.41) is 0. The van der Waals surface area contributed by atoms with Crippen LogP contribution in [0.1, 0.15) is 34.1 Å². The lowest BCUT2D eigenvalue weighted by molar-refractivity contribution is -0.147. The summed E-state index contributed by atoms with van der Waals surface area (Å²) in [6.07, 6.45) is 0. The molecular weight excluding hydrogens is 298 g/mol. The second-order valence-electron chi connectivity index (χ2n) is 5.84. The predicted octanol–water partition coefficient (Wildman–Crippen LogP) is 2.82. The van der Waals surface area contributed by atoms with Gasteiger partial charge in [-0.15, -0.1) is 12.4 Å². The summed E-state index contributed by atoms with van der Waals surface area (Å²) in [6, 6.07) is 16.4. The van der Waals surface area contributed by atoms with E-state index < -0.39 is 0 Å². The largest absolute Gasteiger partial charge is 0.469 e. The highest BCUT2D eigenvalue weighted by atomic mass is 35.5. The Morgan fingerprint density at radius 2 is 1.32 bits per heavy atom. The minimum absolute atomic E-state index is 0. The van der Waals surface area contributed by atoms with E-state index in [1.165, 1.54) is 29.4 Å². The number of halogens is 1. The topological polar surface area (TPSA) is 52.3 Å². The Bertz CT molecular complexity index is 683. The smallest absolute Gasteiger partial charge is 0.311 e. The van der Waals surface area contributed by atoms with Gasteiger partial charge in [-0.1, -0.05) is 48.5 Å². The summed E-state index contributed by atoms with van der Waals surface area (Å²) in [5.41, 5.74) is 11.4. The quantitative estimate of drug-likeness (QED) is 0.823. The number of carbonyl (C=O) groups is 1. The van der Waals surface area contributed by atoms with E-state index in [0.29, 0.717) is 0 Å². The van der Waals surface area contributed by atoms with E-state index in [4.69, 9.17) is 10.5 Å². The zero-order valence-electron chi connectivity index (χ0n) is 12.2. The van der Waals surface area contributed by atoms with Crippen LogP contribution >= 0.6 is 12.4 Å². The van der Waals surface area contributed by atoms with Crippen molar-refractivity contribution in [2.24, 2.45) is 11.7 Å². The molecule has 2 aromatic carbocycles. The molecule has 4 heteroatoms. The van der Waals surface area contributed by atoms with Gasteiger partial charge in [0, 0.05) is 17.9 Å². The van der Waals surface area contributed by atoms with Crippen LogP contribution in [-0.4, -0.2) is 19.1 Å². The van der Waals surface area contributed by atoms with Crippen LogP contribution in [0.15, 0.2) is 48.5 Å². The zero-order chi connectivity index (χ0) is 14.6. The van der Waals surface area contributed by atoms with Crippen LogP contribution < -0.4 is 5.73 Å². The maximum absolute atomic E-state index is 12.3. The average molecular weight is 316 g/mol. The van der Waals surface area contributed by atoms with Gasteiger partial charge in [-0.25, -0.2) is 0 Å². The van der Waals surface area contributed by atoms with Crippen molar-refractivity contribution in [2.75, 3.05) is 7.11 Å². The van der Waals surface area contributed by atoms with Crippen LogP contribution in [0.5, 0.6) is 0 Å². The molecular formula is C18H18ClNO2. The van der Waals surface area contributed by atoms with Gasteiger partial charge < -0.3 is 10.5 Å². The number of benzene rings is 2. The minimum atomic E-state index is -0.301. The van der Waals surface area contributed by atoms with Gasteiger partial charge in [-0.3, -0.25) is 4.79 Å². The molecule has 5 rings (SSSR count). The Balaban J connectivity index is 0.00000144. The Morgan fingerprint density at radius 3 is 1.73 bits per heavy atom. The predicted molar refractivity (Wildman–Crippen MR) is 87.3 cm³/mol. The number of carbonyl (C=O) groups excluding carboxylic acids is 1. The number of methoxy groups -OCH3 is 1. The van der Waals surface area contributed by atoms with Gasteiger partial charge >= 0.3 is 5.97 Å². The highest BCUT2D eigenvalue weighted by molar-refractivity contribution is 5.85. The van der Waals surface area contributed by atoms with Crippen LogP contribution in [-0.2, 0) is 9.53 Å². The van der Waals surface area contributed by atoms with Gasteiger partial charge in [0.15, 0.2) is 0 Å². The maximum Gasteiger partial charge on any atom is 0.311 e. The number of nitrogens with two attached hydrogens (primary N) is 1. The third kappa shape index (κ3) is 1.82. The molecule has 0 aromatic heterocycles. The summed E-state index contributed by atoms with van der Waals surface area (Å²) >= 11 is 0. The fourth-order valence-electron chi connectivity index (χ4n) is 4.15. The number of hydrogen-bond donors (Lipinski definition) is 1. The van der Waals surface area contributed by atoms with Gasteiger partial charge in [0.25, 0.3) is 0 Å². The van der Waals surface area contributed by atoms with Gasteiger partial charge in [0.1, 0.15) is 0 Å². The van der Waals surface area contributed by atoms with Crippen LogP contribution in [0, 0.1) is 5.92 Å². The number of fused-ring (bicyclic) bond motifs is 1. The molecule has 22 heavy (non-hydrogen) atoms. The molecule has 0 saturated carbocycles. The second-order valence-corrected chi connectivity index (χ2v) is 5.84. The fraction of sp³-hybridized carbons (Fsp3) is 0.278. The third-order valence-corrected chi connectivity index (χ3v) is 4.96. The first kappa shape index (κ1) is 15.1. The third-order valence-electron chi connectivity index (χ3n) is 4.96. The van der Waals surface area contributed by atoms with Crippen molar-refractivity contribution in [3.63, 3.8) is 0 Å². The van der Waals surface area contributed by atoms with Gasteiger partial charge in [-0.2, -0.15) is 0 Å². The average Bonchev–Trinajstić information content (AvgIpc) is 2.54. The Labute approximate surface area is 135 Å². The SMILES string of the molecule is COC(=O)[C@@H]1[C@H]2c3ccccc3[C@H](c3ccccc32)[C@@H]1N.Cl. The van der Waals surface area contributed by atoms with E-state index in [1.54, 1.807) is 0 Å². The van der Waals surface area contributed by atoms with Gasteiger partial charge in [-0.05, 0) is 22.3 Å². The van der Waals surface area contributed by atoms with Crippen molar-refractivity contribution < 1.29 is 9.53 Å². The molecule has 0 fully saturated rings. The second kappa shape index (κ2) is 5.41. The van der Waals surface area contributed by atoms with Gasteiger partial charge in [0.05, 0.1) is 13.0 Å². The van der Waals surface area contributed by atoms with Crippen LogP contribution in [0.4, 0.5) is 0 Å². The van der Waals surface area contributed by atoms with Crippen LogP contribution in [0.3, 0.4) is 0 Å². The summed E-state index contributed by atoms with van der Waals surface area (Å²) < 4.78 is 5.02. The molecule has 3 aliphatic carbocycles. The maximum atomic E-state index is 12.3. The molecule has 0 unspecified atom stereocenters. The first-order valence-electron chi connectivity index (χ1n) is 7.25. The van der Waals surface area contributed by atoms with Crippen LogP contribution in [0.25, 0.3) is 0 Å². The van der Waals surface area contributed by atoms with E-state index in [9.17, 15) is 4.79 Å². The molecule has 0 heterocycles. The molecule has 2 atom stereocenters. The number of rotatable bonds is 1. The van der Waals surface area contributed by atoms with Crippen molar-refractivity contribution in [3.05, 3.63) is 70.8 Å². The van der Waals surface area contributed by atoms with Crippen molar-refractivity contribution in [3.8, 4) is 0 Å². The lowest BCUT2D eigenvalue weighted by atomic mass is 9.57. The molecule has 0 spiro atoms. The summed E-state index contributed by atoms with van der Waals surface area (Å²) in [6.45, 7) is 0. The highest BCUT2D eigenvalue weighted by Crippen LogP contribution is 2.54. The molecule has 2 bridgehead atoms. The lowest BCUT2D eigenvalue weighted by Gasteiger charge is -2.48. The zero-order valence-corrected chi connectivity index (χ0v) is 13.0. The van der Waals surface area contributed by atoms with Gasteiger partial charge in [0.2, 0.25) is 0 Å². The molecule has 2 N–H and O–H groups in total. The Morgan fingerprint density at radius 1 is 0.909 bits per heavy atom. The lowest BCUT2D eigenvalue weighted by Crippen LogP contribution is -2.51. The fourth-order valence-corrected chi connectivity index (χ4v) is 4.15. The molecule has 2 aromatic rings. The van der Waals surface area contributed by atoms with E-state index in [0.717, 1.165) is 0 Å². The molecule has 0 saturated heterocycles. The molecule has 3 nitrogen and oxygen atoms in total. The molecule has 0 radical (unpaired) electrons. The summed E-state index contributed by atoms with van der Waals surface area (Å²) in [5.74, 6) is -0.428. The minimum Gasteiger partial charge on any atom is -0.469 e. The standard InChI is InChI=1S/C18H17NO2.ClH/c1-21-18(20)16-14-10-6-2-4-8-12(10)15(17(16)19)13-9-5-3-7-11(13)14;/h2-9,14-17H,19H2,1H3;1H/t14-,15+,16-,17+;/m1./s1. The molecule has 114 valence electrons. The monoisotopic (exact) mass is 315 g/mol.